The fraction of sp³-hybridized carbons (Fsp3) is 0.500. The number of rotatable bonds is 5. The molecule has 1 aromatic carbocycles. The second-order valence-electron chi connectivity index (χ2n) is 10.5. The molecule has 1 aliphatic rings. The van der Waals surface area contributed by atoms with Gasteiger partial charge in [-0.05, 0) is 39.3 Å². The SMILES string of the molecule is CC(C)c1nn(C(=O)NC(C)(C)C)c(=O)n1N.CS(=O)(=O)c1ccc(C(=O)C2C(=O)CCCC2=O)c([N+](=O)[O-])c1. The molecule has 16 heteroatoms. The number of ketones is 3. The maximum atomic E-state index is 12.4. The first-order valence-electron chi connectivity index (χ1n) is 12.1. The number of nitro benzene ring substituents is 1. The number of benzene rings is 1. The Morgan fingerprint density at radius 2 is 1.70 bits per heavy atom. The molecule has 40 heavy (non-hydrogen) atoms. The van der Waals surface area contributed by atoms with Crippen molar-refractivity contribution in [2.75, 3.05) is 12.1 Å². The number of sulfone groups is 1. The Labute approximate surface area is 229 Å². The number of aromatic nitrogens is 3. The molecule has 1 amide bonds. The van der Waals surface area contributed by atoms with E-state index in [-0.39, 0.29) is 23.7 Å². The summed E-state index contributed by atoms with van der Waals surface area (Å²) in [5, 5.41) is 17.7. The normalized spacial score (nSPS) is 14.5. The van der Waals surface area contributed by atoms with Crippen molar-refractivity contribution in [1.29, 1.82) is 0 Å². The highest BCUT2D eigenvalue weighted by Gasteiger charge is 2.39. The van der Waals surface area contributed by atoms with Gasteiger partial charge in [0.05, 0.1) is 15.4 Å². The van der Waals surface area contributed by atoms with Crippen LogP contribution in [-0.4, -0.2) is 63.0 Å². The molecule has 0 spiro atoms. The van der Waals surface area contributed by atoms with Crippen molar-refractivity contribution in [1.82, 2.24) is 19.8 Å². The van der Waals surface area contributed by atoms with Crippen molar-refractivity contribution >= 4 is 38.9 Å². The zero-order valence-electron chi connectivity index (χ0n) is 23.0. The van der Waals surface area contributed by atoms with Crippen LogP contribution in [0.3, 0.4) is 0 Å². The van der Waals surface area contributed by atoms with E-state index >= 15 is 0 Å². The monoisotopic (exact) mass is 580 g/mol. The van der Waals surface area contributed by atoms with Gasteiger partial charge in [-0.1, -0.05) is 13.8 Å². The van der Waals surface area contributed by atoms with Crippen molar-refractivity contribution in [2.24, 2.45) is 5.92 Å². The van der Waals surface area contributed by atoms with Crippen molar-refractivity contribution in [2.45, 2.75) is 70.2 Å². The van der Waals surface area contributed by atoms with E-state index in [1.54, 1.807) is 0 Å². The first-order valence-corrected chi connectivity index (χ1v) is 14.0. The maximum absolute atomic E-state index is 12.4. The third-order valence-corrected chi connectivity index (χ3v) is 6.75. The highest BCUT2D eigenvalue weighted by Crippen LogP contribution is 2.28. The quantitative estimate of drug-likeness (QED) is 0.169. The number of Topliss-reactive ketones (excluding diaryl/α,β-unsaturated/α-hetero) is 3. The van der Waals surface area contributed by atoms with Gasteiger partial charge in [0, 0.05) is 36.6 Å². The highest BCUT2D eigenvalue weighted by atomic mass is 32.2. The Hall–Kier alpha value is -4.21. The average Bonchev–Trinajstić information content (AvgIpc) is 3.12. The van der Waals surface area contributed by atoms with E-state index in [1.807, 2.05) is 34.6 Å². The van der Waals surface area contributed by atoms with Crippen LogP contribution in [0.15, 0.2) is 27.9 Å². The summed E-state index contributed by atoms with van der Waals surface area (Å²) in [6, 6.07) is 2.22. The minimum Gasteiger partial charge on any atom is -0.333 e. The molecule has 1 heterocycles. The molecule has 1 fully saturated rings. The molecule has 15 nitrogen and oxygen atoms in total. The van der Waals surface area contributed by atoms with Gasteiger partial charge in [-0.15, -0.1) is 9.78 Å². The van der Waals surface area contributed by atoms with E-state index in [0.29, 0.717) is 12.2 Å². The Bertz CT molecular complexity index is 1510. The van der Waals surface area contributed by atoms with Crippen LogP contribution in [-0.2, 0) is 19.4 Å². The Morgan fingerprint density at radius 1 is 1.15 bits per heavy atom. The van der Waals surface area contributed by atoms with Gasteiger partial charge in [0.25, 0.3) is 5.69 Å². The summed E-state index contributed by atoms with van der Waals surface area (Å²) in [5.74, 6) is 2.28. The van der Waals surface area contributed by atoms with Crippen LogP contribution in [0, 0.1) is 16.0 Å². The van der Waals surface area contributed by atoms with Gasteiger partial charge < -0.3 is 11.2 Å². The topological polar surface area (TPSA) is 223 Å². The minimum atomic E-state index is -3.70. The van der Waals surface area contributed by atoms with Crippen LogP contribution < -0.4 is 16.8 Å². The van der Waals surface area contributed by atoms with Crippen molar-refractivity contribution in [3.63, 3.8) is 0 Å². The van der Waals surface area contributed by atoms with Gasteiger partial charge in [-0.3, -0.25) is 24.5 Å². The molecule has 1 saturated carbocycles. The van der Waals surface area contributed by atoms with Crippen LogP contribution in [0.5, 0.6) is 0 Å². The van der Waals surface area contributed by atoms with Gasteiger partial charge >= 0.3 is 11.7 Å². The summed E-state index contributed by atoms with van der Waals surface area (Å²) in [7, 11) is -3.70. The maximum Gasteiger partial charge on any atom is 0.373 e. The minimum absolute atomic E-state index is 0.0311. The average molecular weight is 581 g/mol. The number of nitrogen functional groups attached to an aromatic ring is 1. The molecule has 0 bridgehead atoms. The third-order valence-electron chi connectivity index (χ3n) is 5.64. The lowest BCUT2D eigenvalue weighted by atomic mass is 9.81. The first kappa shape index (κ1) is 32.0. The number of nitrogens with zero attached hydrogens (tertiary/aromatic N) is 4. The molecule has 2 aromatic rings. The molecule has 1 aliphatic carbocycles. The summed E-state index contributed by atoms with van der Waals surface area (Å²) < 4.78 is 24.6. The van der Waals surface area contributed by atoms with Crippen LogP contribution in [0.2, 0.25) is 0 Å². The lowest BCUT2D eigenvalue weighted by molar-refractivity contribution is -0.385. The Kier molecular flexibility index (Phi) is 9.52. The van der Waals surface area contributed by atoms with Gasteiger partial charge in [0.15, 0.2) is 33.0 Å². The lowest BCUT2D eigenvalue weighted by Crippen LogP contribution is -2.47. The fourth-order valence-corrected chi connectivity index (χ4v) is 4.39. The number of nitro groups is 1. The van der Waals surface area contributed by atoms with Crippen LogP contribution in [0.25, 0.3) is 0 Å². The van der Waals surface area contributed by atoms with E-state index in [2.05, 4.69) is 10.4 Å². The molecule has 3 rings (SSSR count). The molecule has 0 atom stereocenters. The number of carbonyl (C=O) groups is 4. The molecule has 3 N–H and O–H groups in total. The first-order chi connectivity index (χ1) is 18.3. The molecule has 1 aromatic heterocycles. The van der Waals surface area contributed by atoms with E-state index < -0.39 is 66.5 Å². The third kappa shape index (κ3) is 7.46. The zero-order valence-corrected chi connectivity index (χ0v) is 23.8. The van der Waals surface area contributed by atoms with E-state index in [0.717, 1.165) is 33.8 Å². The van der Waals surface area contributed by atoms with Gasteiger partial charge in [0.2, 0.25) is 0 Å². The number of nitrogens with one attached hydrogen (secondary N) is 1. The smallest absolute Gasteiger partial charge is 0.333 e. The number of hydrogen-bond donors (Lipinski definition) is 2. The number of amides is 1. The van der Waals surface area contributed by atoms with Crippen LogP contribution in [0.1, 0.15) is 76.0 Å². The summed E-state index contributed by atoms with van der Waals surface area (Å²) in [4.78, 5) is 69.5. The van der Waals surface area contributed by atoms with Crippen molar-refractivity contribution in [3.05, 3.63) is 50.2 Å². The predicted molar refractivity (Wildman–Crippen MR) is 142 cm³/mol. The molecular formula is C24H32N6O9S. The standard InChI is InChI=1S/C14H13NO7S.C10H19N5O2/c1-23(21,22)8-5-6-9(10(7-8)15(19)20)14(18)13-11(16)3-2-4-12(13)17;1-6(2)7-13-15(9(17)14(7)11)8(16)12-10(3,4)5/h5-7,13H,2-4H2,1H3;6H,11H2,1-5H3,(H,12,16). The molecule has 0 aliphatic heterocycles. The molecular weight excluding hydrogens is 548 g/mol. The van der Waals surface area contributed by atoms with Gasteiger partial charge in [0.1, 0.15) is 5.92 Å². The van der Waals surface area contributed by atoms with E-state index in [1.165, 1.54) is 0 Å². The number of nitrogens with two attached hydrogens (primary N) is 1. The van der Waals surface area contributed by atoms with Crippen molar-refractivity contribution < 1.29 is 32.5 Å². The second-order valence-corrected chi connectivity index (χ2v) is 12.6. The van der Waals surface area contributed by atoms with Crippen LogP contribution >= 0.6 is 0 Å². The molecule has 0 unspecified atom stereocenters. The second kappa shape index (κ2) is 11.9. The lowest BCUT2D eigenvalue weighted by Gasteiger charge is -2.19. The molecule has 218 valence electrons. The number of hydrogen-bond acceptors (Lipinski definition) is 11. The predicted octanol–water partition coefficient (Wildman–Crippen LogP) is 1.36. The Morgan fingerprint density at radius 3 is 2.12 bits per heavy atom. The number of carbonyl (C=O) groups excluding carboxylic acids is 4. The Balaban J connectivity index is 0.000000294. The summed E-state index contributed by atoms with van der Waals surface area (Å²) >= 11 is 0. The molecule has 0 radical (unpaired) electrons. The highest BCUT2D eigenvalue weighted by molar-refractivity contribution is 7.90. The largest absolute Gasteiger partial charge is 0.373 e. The molecule has 0 saturated heterocycles. The summed E-state index contributed by atoms with van der Waals surface area (Å²) in [5.41, 5.74) is -2.25. The van der Waals surface area contributed by atoms with E-state index in [9.17, 15) is 42.5 Å². The summed E-state index contributed by atoms with van der Waals surface area (Å²) in [6.45, 7) is 9.14. The van der Waals surface area contributed by atoms with Gasteiger partial charge in [-0.2, -0.15) is 4.68 Å². The van der Waals surface area contributed by atoms with Gasteiger partial charge in [-0.25, -0.2) is 18.0 Å². The fourth-order valence-electron chi connectivity index (χ4n) is 3.75. The summed E-state index contributed by atoms with van der Waals surface area (Å²) in [6.07, 6.45) is 1.37. The zero-order chi connectivity index (χ0) is 30.7. The van der Waals surface area contributed by atoms with E-state index in [4.69, 9.17) is 5.84 Å². The van der Waals surface area contributed by atoms with Crippen LogP contribution in [0.4, 0.5) is 10.5 Å². The van der Waals surface area contributed by atoms with Crippen molar-refractivity contribution in [3.8, 4) is 0 Å².